The van der Waals surface area contributed by atoms with Crippen LogP contribution < -0.4 is 4.74 Å². The number of carbonyl (C=O) groups excluding carboxylic acids is 1. The van der Waals surface area contributed by atoms with Gasteiger partial charge in [-0.1, -0.05) is 30.1 Å². The molecule has 0 amide bonds. The minimum atomic E-state index is 0.299. The number of nitrogens with zero attached hydrogens (tertiary/aromatic N) is 2. The summed E-state index contributed by atoms with van der Waals surface area (Å²) in [7, 11) is 0. The average molecular weight is 451 g/mol. The van der Waals surface area contributed by atoms with Crippen LogP contribution in [0.2, 0.25) is 0 Å². The van der Waals surface area contributed by atoms with Crippen molar-refractivity contribution in [1.82, 2.24) is 10.1 Å². The molecule has 3 heterocycles. The van der Waals surface area contributed by atoms with Gasteiger partial charge in [-0.15, -0.1) is 0 Å². The lowest BCUT2D eigenvalue weighted by atomic mass is 9.78. The largest absolute Gasteiger partial charge is 0.493 e. The van der Waals surface area contributed by atoms with Crippen LogP contribution in [0, 0.1) is 18.8 Å². The van der Waals surface area contributed by atoms with E-state index in [9.17, 15) is 4.79 Å². The Labute approximate surface area is 197 Å². The Hall–Kier alpha value is -2.14. The number of hydrogen-bond acceptors (Lipinski definition) is 5. The molecule has 0 radical (unpaired) electrons. The number of hydrogen-bond donors (Lipinski definition) is 0. The molecule has 0 spiro atoms. The normalized spacial score (nSPS) is 23.9. The van der Waals surface area contributed by atoms with E-state index in [1.54, 1.807) is 5.56 Å². The zero-order chi connectivity index (χ0) is 22.6. The van der Waals surface area contributed by atoms with Gasteiger partial charge in [0.2, 0.25) is 0 Å². The lowest BCUT2D eigenvalue weighted by molar-refractivity contribution is -0.119. The van der Waals surface area contributed by atoms with Crippen LogP contribution in [-0.4, -0.2) is 42.1 Å². The Bertz CT molecular complexity index is 936. The van der Waals surface area contributed by atoms with Crippen LogP contribution in [0.5, 0.6) is 5.75 Å². The van der Waals surface area contributed by atoms with Crippen LogP contribution in [0.25, 0.3) is 0 Å². The zero-order valence-electron chi connectivity index (χ0n) is 20.1. The first-order chi connectivity index (χ1) is 16.1. The van der Waals surface area contributed by atoms with Crippen molar-refractivity contribution in [3.63, 3.8) is 0 Å². The van der Waals surface area contributed by atoms with Gasteiger partial charge in [-0.05, 0) is 88.0 Å². The minimum Gasteiger partial charge on any atom is -0.493 e. The molecule has 5 rings (SSSR count). The molecular formula is C28H38N2O3. The van der Waals surface area contributed by atoms with Crippen molar-refractivity contribution < 1.29 is 14.1 Å². The van der Waals surface area contributed by atoms with E-state index in [1.165, 1.54) is 70.1 Å². The van der Waals surface area contributed by atoms with Gasteiger partial charge in [0.15, 0.2) is 0 Å². The molecule has 178 valence electrons. The van der Waals surface area contributed by atoms with E-state index in [-0.39, 0.29) is 0 Å². The van der Waals surface area contributed by atoms with Gasteiger partial charge in [0.05, 0.1) is 18.7 Å². The third kappa shape index (κ3) is 5.68. The molecule has 1 aromatic heterocycles. The maximum atomic E-state index is 12.4. The minimum absolute atomic E-state index is 0.299. The summed E-state index contributed by atoms with van der Waals surface area (Å²) < 4.78 is 11.0. The average Bonchev–Trinajstić information content (AvgIpc) is 3.47. The topological polar surface area (TPSA) is 55.6 Å². The molecule has 2 aromatic rings. The number of aryl methyl sites for hydroxylation is 1. The number of ketones is 1. The molecule has 1 saturated heterocycles. The fourth-order valence-electron chi connectivity index (χ4n) is 6.28. The molecule has 2 aliphatic heterocycles. The summed E-state index contributed by atoms with van der Waals surface area (Å²) >= 11 is 0. The van der Waals surface area contributed by atoms with Crippen molar-refractivity contribution in [3.8, 4) is 5.75 Å². The number of carbonyl (C=O) groups is 1. The van der Waals surface area contributed by atoms with Crippen LogP contribution in [0.4, 0.5) is 0 Å². The molecule has 0 atom stereocenters. The van der Waals surface area contributed by atoms with E-state index >= 15 is 0 Å². The highest BCUT2D eigenvalue weighted by molar-refractivity contribution is 5.80. The Morgan fingerprint density at radius 3 is 2.64 bits per heavy atom. The number of ether oxygens (including phenoxy) is 1. The highest BCUT2D eigenvalue weighted by Crippen LogP contribution is 2.38. The van der Waals surface area contributed by atoms with Crippen molar-refractivity contribution in [2.75, 3.05) is 26.2 Å². The second-order valence-electron chi connectivity index (χ2n) is 10.6. The number of fused-ring (bicyclic) bond motifs is 1. The standard InChI is InChI=1S/C28H38N2O3/c1-20-17-25(33-29-20)19-24(31)18-22-7-5-21(6-8-22)9-13-30-14-10-23(11-15-30)26-3-2-4-28-27(26)12-16-32-28/h2-4,17,21-23H,5-16,18-19H2,1H3. The molecule has 33 heavy (non-hydrogen) atoms. The molecule has 1 aromatic carbocycles. The predicted octanol–water partition coefficient (Wildman–Crippen LogP) is 5.50. The van der Waals surface area contributed by atoms with Gasteiger partial charge in [-0.3, -0.25) is 4.79 Å². The number of likely N-dealkylation sites (tertiary alicyclic amines) is 1. The maximum Gasteiger partial charge on any atom is 0.144 e. The van der Waals surface area contributed by atoms with Crippen molar-refractivity contribution in [2.24, 2.45) is 11.8 Å². The highest BCUT2D eigenvalue weighted by atomic mass is 16.5. The summed E-state index contributed by atoms with van der Waals surface area (Å²) in [5.74, 6) is 4.23. The number of benzene rings is 1. The van der Waals surface area contributed by atoms with E-state index in [0.717, 1.165) is 30.4 Å². The van der Waals surface area contributed by atoms with E-state index < -0.39 is 0 Å². The summed E-state index contributed by atoms with van der Waals surface area (Å²) in [5.41, 5.74) is 3.87. The van der Waals surface area contributed by atoms with Crippen LogP contribution >= 0.6 is 0 Å². The van der Waals surface area contributed by atoms with Crippen molar-refractivity contribution in [1.29, 1.82) is 0 Å². The number of aromatic nitrogens is 1. The Morgan fingerprint density at radius 2 is 1.88 bits per heavy atom. The van der Waals surface area contributed by atoms with Crippen molar-refractivity contribution in [3.05, 3.63) is 46.8 Å². The van der Waals surface area contributed by atoms with Gasteiger partial charge in [0.1, 0.15) is 17.3 Å². The Balaban J connectivity index is 0.997. The third-order valence-corrected chi connectivity index (χ3v) is 8.19. The van der Waals surface area contributed by atoms with Crippen LogP contribution in [-0.2, 0) is 17.6 Å². The molecular weight excluding hydrogens is 412 g/mol. The first-order valence-electron chi connectivity index (χ1n) is 13.0. The van der Waals surface area contributed by atoms with Gasteiger partial charge in [-0.2, -0.15) is 0 Å². The van der Waals surface area contributed by atoms with E-state index in [4.69, 9.17) is 9.26 Å². The Morgan fingerprint density at radius 1 is 1.09 bits per heavy atom. The predicted molar refractivity (Wildman–Crippen MR) is 129 cm³/mol. The molecule has 1 saturated carbocycles. The number of piperidine rings is 1. The first kappa shape index (κ1) is 22.6. The van der Waals surface area contributed by atoms with Crippen molar-refractivity contribution in [2.45, 2.75) is 77.0 Å². The molecule has 3 aliphatic rings. The van der Waals surface area contributed by atoms with Crippen LogP contribution in [0.15, 0.2) is 28.8 Å². The molecule has 0 unspecified atom stereocenters. The van der Waals surface area contributed by atoms with Gasteiger partial charge >= 0.3 is 0 Å². The third-order valence-electron chi connectivity index (χ3n) is 8.19. The second-order valence-corrected chi connectivity index (χ2v) is 10.6. The molecule has 0 bridgehead atoms. The fourth-order valence-corrected chi connectivity index (χ4v) is 6.28. The van der Waals surface area contributed by atoms with Crippen LogP contribution in [0.3, 0.4) is 0 Å². The highest BCUT2D eigenvalue weighted by Gasteiger charge is 2.27. The SMILES string of the molecule is Cc1cc(CC(=O)CC2CCC(CCN3CCC(c4cccc5c4CCO5)CC3)CC2)on1. The van der Waals surface area contributed by atoms with E-state index in [0.29, 0.717) is 36.2 Å². The lowest BCUT2D eigenvalue weighted by Crippen LogP contribution is -2.35. The molecule has 5 nitrogen and oxygen atoms in total. The molecule has 0 N–H and O–H groups in total. The Kier molecular flexibility index (Phi) is 7.15. The number of Topliss-reactive ketones (excluding diaryl/α,β-unsaturated/α-hetero) is 1. The van der Waals surface area contributed by atoms with Crippen molar-refractivity contribution >= 4 is 5.78 Å². The zero-order valence-corrected chi connectivity index (χ0v) is 20.1. The van der Waals surface area contributed by atoms with Gasteiger partial charge < -0.3 is 14.2 Å². The summed E-state index contributed by atoms with van der Waals surface area (Å²) in [6, 6.07) is 8.51. The number of rotatable bonds is 8. The maximum absolute atomic E-state index is 12.4. The smallest absolute Gasteiger partial charge is 0.144 e. The fraction of sp³-hybridized carbons (Fsp3) is 0.643. The van der Waals surface area contributed by atoms with Crippen LogP contribution in [0.1, 0.15) is 79.9 Å². The molecule has 2 fully saturated rings. The lowest BCUT2D eigenvalue weighted by Gasteiger charge is -2.35. The first-order valence-corrected chi connectivity index (χ1v) is 13.0. The molecule has 5 heteroatoms. The van der Waals surface area contributed by atoms with Gasteiger partial charge in [0.25, 0.3) is 0 Å². The van der Waals surface area contributed by atoms with E-state index in [1.807, 2.05) is 13.0 Å². The summed E-state index contributed by atoms with van der Waals surface area (Å²) in [4.78, 5) is 15.1. The van der Waals surface area contributed by atoms with E-state index in [2.05, 4.69) is 28.3 Å². The monoisotopic (exact) mass is 450 g/mol. The summed E-state index contributed by atoms with van der Waals surface area (Å²) in [5, 5.41) is 3.88. The molecule has 1 aliphatic carbocycles. The summed E-state index contributed by atoms with van der Waals surface area (Å²) in [6.45, 7) is 6.43. The second kappa shape index (κ2) is 10.4. The van der Waals surface area contributed by atoms with Gasteiger partial charge in [-0.25, -0.2) is 0 Å². The summed E-state index contributed by atoms with van der Waals surface area (Å²) in [6.07, 6.45) is 11.0. The van der Waals surface area contributed by atoms with Gasteiger partial charge in [0, 0.05) is 24.5 Å². The quantitative estimate of drug-likeness (QED) is 0.532.